The Labute approximate surface area is 120 Å². The monoisotopic (exact) mass is 268 g/mol. The van der Waals surface area contributed by atoms with Gasteiger partial charge in [-0.3, -0.25) is 0 Å². The normalized spacial score (nSPS) is 11.7. The molecular formula is C17H20N2O. The van der Waals surface area contributed by atoms with Gasteiger partial charge in [0.2, 0.25) is 0 Å². The van der Waals surface area contributed by atoms with Crippen molar-refractivity contribution >= 4 is 11.4 Å². The van der Waals surface area contributed by atoms with Crippen LogP contribution < -0.4 is 10.5 Å². The first-order valence-corrected chi connectivity index (χ1v) is 6.59. The molecular weight excluding hydrogens is 248 g/mol. The molecule has 0 atom stereocenters. The molecule has 0 aliphatic heterocycles. The summed E-state index contributed by atoms with van der Waals surface area (Å²) in [5.41, 5.74) is 7.62. The minimum absolute atomic E-state index is 0.638. The van der Waals surface area contributed by atoms with Crippen LogP contribution in [-0.2, 0) is 0 Å². The molecule has 0 spiro atoms. The number of nitrogens with two attached hydrogens (primary N) is 1. The van der Waals surface area contributed by atoms with Crippen LogP contribution in [0.2, 0.25) is 0 Å². The smallest absolute Gasteiger partial charge is 0.150 e. The second kappa shape index (κ2) is 6.78. The Morgan fingerprint density at radius 2 is 1.70 bits per heavy atom. The van der Waals surface area contributed by atoms with Crippen LogP contribution in [0.15, 0.2) is 60.7 Å². The number of likely N-dealkylation sites (N-methyl/N-ethyl adjacent to an activating group) is 1. The van der Waals surface area contributed by atoms with Gasteiger partial charge in [-0.1, -0.05) is 42.5 Å². The standard InChI is InChI=1S/C17H20N2O/c1-19(2)13-12-16(14-8-4-3-5-9-14)20-17-11-7-6-10-15(17)18/h3-12H,13,18H2,1-2H3. The molecule has 0 aliphatic carbocycles. The fourth-order valence-corrected chi connectivity index (χ4v) is 1.78. The van der Waals surface area contributed by atoms with Crippen molar-refractivity contribution in [2.45, 2.75) is 0 Å². The first kappa shape index (κ1) is 14.2. The van der Waals surface area contributed by atoms with Crippen molar-refractivity contribution in [2.75, 3.05) is 26.4 Å². The number of anilines is 1. The van der Waals surface area contributed by atoms with Crippen molar-refractivity contribution in [3.8, 4) is 5.75 Å². The molecule has 3 nitrogen and oxygen atoms in total. The van der Waals surface area contributed by atoms with Gasteiger partial charge >= 0.3 is 0 Å². The van der Waals surface area contributed by atoms with Gasteiger partial charge in [0.1, 0.15) is 11.5 Å². The van der Waals surface area contributed by atoms with Gasteiger partial charge in [0.15, 0.2) is 0 Å². The van der Waals surface area contributed by atoms with Crippen LogP contribution >= 0.6 is 0 Å². The molecule has 0 fully saturated rings. The van der Waals surface area contributed by atoms with E-state index < -0.39 is 0 Å². The van der Waals surface area contributed by atoms with Crippen molar-refractivity contribution in [2.24, 2.45) is 0 Å². The van der Waals surface area contributed by atoms with Crippen LogP contribution in [0.3, 0.4) is 0 Å². The molecule has 0 radical (unpaired) electrons. The Morgan fingerprint density at radius 3 is 2.35 bits per heavy atom. The van der Waals surface area contributed by atoms with E-state index in [0.717, 1.165) is 17.9 Å². The van der Waals surface area contributed by atoms with E-state index in [1.165, 1.54) is 0 Å². The number of rotatable bonds is 5. The SMILES string of the molecule is CN(C)CC=C(Oc1ccccc1N)c1ccccc1. The summed E-state index contributed by atoms with van der Waals surface area (Å²) in [6, 6.07) is 17.6. The van der Waals surface area contributed by atoms with Crippen molar-refractivity contribution in [1.29, 1.82) is 0 Å². The van der Waals surface area contributed by atoms with Crippen LogP contribution in [0.1, 0.15) is 5.56 Å². The minimum atomic E-state index is 0.638. The second-order valence-corrected chi connectivity index (χ2v) is 4.84. The molecule has 0 amide bonds. The number of ether oxygens (including phenoxy) is 1. The van der Waals surface area contributed by atoms with E-state index in [1.54, 1.807) is 0 Å². The van der Waals surface area contributed by atoms with Crippen molar-refractivity contribution in [1.82, 2.24) is 4.90 Å². The maximum absolute atomic E-state index is 5.99. The lowest BCUT2D eigenvalue weighted by atomic mass is 10.1. The molecule has 2 rings (SSSR count). The lowest BCUT2D eigenvalue weighted by molar-refractivity contribution is 0.448. The zero-order valence-electron chi connectivity index (χ0n) is 11.9. The number of nitrogen functional groups attached to an aromatic ring is 1. The molecule has 0 aromatic heterocycles. The molecule has 104 valence electrons. The Morgan fingerprint density at radius 1 is 1.05 bits per heavy atom. The van der Waals surface area contributed by atoms with E-state index in [0.29, 0.717) is 11.4 Å². The molecule has 0 saturated heterocycles. The van der Waals surface area contributed by atoms with E-state index in [-0.39, 0.29) is 0 Å². The number of hydrogen-bond donors (Lipinski definition) is 1. The predicted octanol–water partition coefficient (Wildman–Crippen LogP) is 3.25. The Hall–Kier alpha value is -2.26. The van der Waals surface area contributed by atoms with E-state index in [1.807, 2.05) is 68.7 Å². The van der Waals surface area contributed by atoms with E-state index in [4.69, 9.17) is 10.5 Å². The van der Waals surface area contributed by atoms with E-state index in [2.05, 4.69) is 11.0 Å². The molecule has 0 unspecified atom stereocenters. The van der Waals surface area contributed by atoms with Crippen molar-refractivity contribution < 1.29 is 4.74 Å². The number of benzene rings is 2. The van der Waals surface area contributed by atoms with E-state index >= 15 is 0 Å². The average Bonchev–Trinajstić information content (AvgIpc) is 2.46. The van der Waals surface area contributed by atoms with Crippen LogP contribution in [0.4, 0.5) is 5.69 Å². The summed E-state index contributed by atoms with van der Waals surface area (Å²) < 4.78 is 5.99. The number of nitrogens with zero attached hydrogens (tertiary/aromatic N) is 1. The average molecular weight is 268 g/mol. The molecule has 0 heterocycles. The minimum Gasteiger partial charge on any atom is -0.455 e. The molecule has 0 bridgehead atoms. The summed E-state index contributed by atoms with van der Waals surface area (Å²) >= 11 is 0. The summed E-state index contributed by atoms with van der Waals surface area (Å²) in [7, 11) is 4.05. The lowest BCUT2D eigenvalue weighted by Crippen LogP contribution is -2.12. The summed E-state index contributed by atoms with van der Waals surface area (Å²) in [6.45, 7) is 0.803. The zero-order chi connectivity index (χ0) is 14.4. The number of para-hydroxylation sites is 2. The highest BCUT2D eigenvalue weighted by molar-refractivity contribution is 5.65. The molecule has 2 aromatic rings. The van der Waals surface area contributed by atoms with Gasteiger partial charge < -0.3 is 15.4 Å². The quantitative estimate of drug-likeness (QED) is 0.668. The Bertz CT molecular complexity index is 577. The summed E-state index contributed by atoms with van der Waals surface area (Å²) in [6.07, 6.45) is 2.06. The molecule has 20 heavy (non-hydrogen) atoms. The largest absolute Gasteiger partial charge is 0.455 e. The van der Waals surface area contributed by atoms with Crippen molar-refractivity contribution in [3.63, 3.8) is 0 Å². The van der Waals surface area contributed by atoms with Gasteiger partial charge in [-0.05, 0) is 32.3 Å². The Kier molecular flexibility index (Phi) is 4.80. The molecule has 2 aromatic carbocycles. The van der Waals surface area contributed by atoms with Gasteiger partial charge in [-0.25, -0.2) is 0 Å². The van der Waals surface area contributed by atoms with Gasteiger partial charge in [0.25, 0.3) is 0 Å². The zero-order valence-corrected chi connectivity index (χ0v) is 11.9. The third-order valence-corrected chi connectivity index (χ3v) is 2.84. The van der Waals surface area contributed by atoms with Crippen LogP contribution in [0, 0.1) is 0 Å². The molecule has 0 saturated carbocycles. The van der Waals surface area contributed by atoms with Crippen molar-refractivity contribution in [3.05, 3.63) is 66.2 Å². The van der Waals surface area contributed by atoms with Crippen LogP contribution in [0.5, 0.6) is 5.75 Å². The van der Waals surface area contributed by atoms with Crippen LogP contribution in [0.25, 0.3) is 5.76 Å². The fourth-order valence-electron chi connectivity index (χ4n) is 1.78. The highest BCUT2D eigenvalue weighted by atomic mass is 16.5. The first-order valence-electron chi connectivity index (χ1n) is 6.59. The Balaban J connectivity index is 2.28. The van der Waals surface area contributed by atoms with Gasteiger partial charge in [0, 0.05) is 12.1 Å². The highest BCUT2D eigenvalue weighted by Gasteiger charge is 2.06. The first-order chi connectivity index (χ1) is 9.66. The third-order valence-electron chi connectivity index (χ3n) is 2.84. The van der Waals surface area contributed by atoms with Crippen LogP contribution in [-0.4, -0.2) is 25.5 Å². The number of hydrogen-bond acceptors (Lipinski definition) is 3. The fraction of sp³-hybridized carbons (Fsp3) is 0.176. The molecule has 0 aliphatic rings. The molecule has 2 N–H and O–H groups in total. The highest BCUT2D eigenvalue weighted by Crippen LogP contribution is 2.26. The summed E-state index contributed by atoms with van der Waals surface area (Å²) in [5.74, 6) is 1.50. The second-order valence-electron chi connectivity index (χ2n) is 4.84. The third kappa shape index (κ3) is 3.87. The maximum Gasteiger partial charge on any atom is 0.150 e. The molecule has 3 heteroatoms. The lowest BCUT2D eigenvalue weighted by Gasteiger charge is -2.14. The van der Waals surface area contributed by atoms with Gasteiger partial charge in [-0.2, -0.15) is 0 Å². The van der Waals surface area contributed by atoms with Gasteiger partial charge in [0.05, 0.1) is 5.69 Å². The summed E-state index contributed by atoms with van der Waals surface area (Å²) in [5, 5.41) is 0. The topological polar surface area (TPSA) is 38.5 Å². The van der Waals surface area contributed by atoms with E-state index in [9.17, 15) is 0 Å². The maximum atomic E-state index is 5.99. The predicted molar refractivity (Wildman–Crippen MR) is 84.5 cm³/mol. The summed E-state index contributed by atoms with van der Waals surface area (Å²) in [4.78, 5) is 2.08. The van der Waals surface area contributed by atoms with Gasteiger partial charge in [-0.15, -0.1) is 0 Å².